The Kier molecular flexibility index (Phi) is 8.05. The maximum absolute atomic E-state index is 2.68. The number of rotatable bonds is 5. The van der Waals surface area contributed by atoms with Crippen LogP contribution in [0, 0.1) is 5.92 Å². The van der Waals surface area contributed by atoms with Crippen LogP contribution in [0.1, 0.15) is 38.2 Å². The molecule has 0 amide bonds. The van der Waals surface area contributed by atoms with Crippen LogP contribution >= 0.6 is 0 Å². The lowest BCUT2D eigenvalue weighted by atomic mass is 9.80. The van der Waals surface area contributed by atoms with Crippen LogP contribution in [0.2, 0.25) is 0 Å². The quantitative estimate of drug-likeness (QED) is 0.156. The van der Waals surface area contributed by atoms with Crippen molar-refractivity contribution in [3.8, 4) is 44.5 Å². The van der Waals surface area contributed by atoms with Crippen LogP contribution in [0.15, 0.2) is 212 Å². The lowest BCUT2D eigenvalue weighted by Crippen LogP contribution is -2.45. The van der Waals surface area contributed by atoms with Gasteiger partial charge in [0.2, 0.25) is 0 Å². The van der Waals surface area contributed by atoms with Crippen LogP contribution < -0.4 is 4.90 Å². The van der Waals surface area contributed by atoms with E-state index in [1.165, 1.54) is 139 Å². The molecular formula is C65H47N. The average molecular weight is 842 g/mol. The van der Waals surface area contributed by atoms with Gasteiger partial charge in [-0.15, -0.1) is 0 Å². The molecule has 3 unspecified atom stereocenters. The highest BCUT2D eigenvalue weighted by atomic mass is 15.2. The van der Waals surface area contributed by atoms with E-state index in [9.17, 15) is 0 Å². The van der Waals surface area contributed by atoms with Crippen molar-refractivity contribution in [1.82, 2.24) is 0 Å². The molecule has 0 aromatic heterocycles. The summed E-state index contributed by atoms with van der Waals surface area (Å²) in [6.07, 6.45) is 2.43. The molecule has 1 fully saturated rings. The van der Waals surface area contributed by atoms with E-state index in [0.29, 0.717) is 11.8 Å². The summed E-state index contributed by atoms with van der Waals surface area (Å²) >= 11 is 0. The second kappa shape index (κ2) is 14.1. The normalized spacial score (nSPS) is 18.1. The smallest absolute Gasteiger partial charge is 0.0518 e. The SMILES string of the molecule is CC1CCC2c3cc(-c4cc(-c5cccc6ccccc56)c5ccc6c(-c7cccc8ccccc78)cc(-c7cccc8ccccc78)c7ccc4c5c76)ccc3N(c3ccccc3)C12C. The summed E-state index contributed by atoms with van der Waals surface area (Å²) in [4.78, 5) is 2.68. The minimum atomic E-state index is 0.00903. The average Bonchev–Trinajstić information content (AvgIpc) is 3.82. The Morgan fingerprint density at radius 1 is 0.379 bits per heavy atom. The van der Waals surface area contributed by atoms with E-state index in [1.807, 2.05) is 0 Å². The van der Waals surface area contributed by atoms with Gasteiger partial charge in [-0.2, -0.15) is 0 Å². The van der Waals surface area contributed by atoms with Crippen molar-refractivity contribution in [2.45, 2.75) is 38.1 Å². The molecule has 12 aromatic carbocycles. The Bertz CT molecular complexity index is 3820. The Balaban J connectivity index is 1.12. The van der Waals surface area contributed by atoms with Crippen LogP contribution in [0.25, 0.3) is 109 Å². The number of anilines is 2. The van der Waals surface area contributed by atoms with Gasteiger partial charge in [-0.25, -0.2) is 0 Å². The zero-order valence-corrected chi connectivity index (χ0v) is 37.2. The van der Waals surface area contributed by atoms with E-state index in [4.69, 9.17) is 0 Å². The fourth-order valence-corrected chi connectivity index (χ4v) is 12.9. The summed E-state index contributed by atoms with van der Waals surface area (Å²) in [5, 5.41) is 15.4. The zero-order chi connectivity index (χ0) is 43.7. The topological polar surface area (TPSA) is 3.24 Å². The molecule has 0 spiro atoms. The number of fused-ring (bicyclic) bond motifs is 6. The van der Waals surface area contributed by atoms with Gasteiger partial charge in [0.15, 0.2) is 0 Å². The largest absolute Gasteiger partial charge is 0.334 e. The van der Waals surface area contributed by atoms with Gasteiger partial charge in [0, 0.05) is 17.3 Å². The summed E-state index contributed by atoms with van der Waals surface area (Å²) in [7, 11) is 0. The van der Waals surface area contributed by atoms with Crippen LogP contribution in [0.5, 0.6) is 0 Å². The molecule has 12 aromatic rings. The van der Waals surface area contributed by atoms with E-state index in [-0.39, 0.29) is 5.54 Å². The molecule has 1 nitrogen and oxygen atoms in total. The van der Waals surface area contributed by atoms with Gasteiger partial charge >= 0.3 is 0 Å². The van der Waals surface area contributed by atoms with Crippen molar-refractivity contribution >= 4 is 76.0 Å². The van der Waals surface area contributed by atoms with Gasteiger partial charge < -0.3 is 4.90 Å². The van der Waals surface area contributed by atoms with Crippen LogP contribution in [0.3, 0.4) is 0 Å². The van der Waals surface area contributed by atoms with Gasteiger partial charge in [0.25, 0.3) is 0 Å². The van der Waals surface area contributed by atoms with Crippen LogP contribution in [-0.4, -0.2) is 5.54 Å². The van der Waals surface area contributed by atoms with Crippen molar-refractivity contribution in [3.05, 3.63) is 218 Å². The molecule has 66 heavy (non-hydrogen) atoms. The molecule has 312 valence electrons. The summed E-state index contributed by atoms with van der Waals surface area (Å²) in [6.45, 7) is 5.00. The molecule has 0 N–H and O–H groups in total. The summed E-state index contributed by atoms with van der Waals surface area (Å²) in [5.74, 6) is 1.02. The number of para-hydroxylation sites is 1. The van der Waals surface area contributed by atoms with Gasteiger partial charge in [-0.05, 0) is 177 Å². The third-order valence-corrected chi connectivity index (χ3v) is 16.2. The highest BCUT2D eigenvalue weighted by molar-refractivity contribution is 6.33. The van der Waals surface area contributed by atoms with Gasteiger partial charge in [0.05, 0.1) is 5.54 Å². The summed E-state index contributed by atoms with van der Waals surface area (Å²) in [5.41, 5.74) is 14.3. The molecule has 1 saturated carbocycles. The van der Waals surface area contributed by atoms with E-state index in [2.05, 4.69) is 231 Å². The van der Waals surface area contributed by atoms with Crippen molar-refractivity contribution in [1.29, 1.82) is 0 Å². The lowest BCUT2D eigenvalue weighted by Gasteiger charge is -2.41. The molecule has 3 atom stereocenters. The number of hydrogen-bond donors (Lipinski definition) is 0. The first-order chi connectivity index (χ1) is 32.5. The molecule has 1 aliphatic heterocycles. The molecule has 1 heteroatoms. The summed E-state index contributed by atoms with van der Waals surface area (Å²) in [6, 6.07) is 80.4. The Morgan fingerprint density at radius 3 is 1.33 bits per heavy atom. The fourth-order valence-electron chi connectivity index (χ4n) is 12.9. The van der Waals surface area contributed by atoms with E-state index < -0.39 is 0 Å². The zero-order valence-electron chi connectivity index (χ0n) is 37.2. The molecule has 1 aliphatic carbocycles. The summed E-state index contributed by atoms with van der Waals surface area (Å²) < 4.78 is 0. The number of benzene rings is 12. The molecule has 0 bridgehead atoms. The first-order valence-corrected chi connectivity index (χ1v) is 23.8. The molecular weight excluding hydrogens is 795 g/mol. The highest BCUT2D eigenvalue weighted by Gasteiger charge is 2.55. The van der Waals surface area contributed by atoms with Gasteiger partial charge in [-0.1, -0.05) is 183 Å². The van der Waals surface area contributed by atoms with E-state index in [0.717, 1.165) is 0 Å². The Morgan fingerprint density at radius 2 is 0.818 bits per heavy atom. The second-order valence-electron chi connectivity index (χ2n) is 19.3. The molecule has 0 saturated heterocycles. The standard InChI is InChI=1S/C65H47N/c1-40-29-35-61-60-37-44(30-36-62(60)66(65(40,61)2)45-21-4-3-5-22-45)56-38-57(49-26-12-18-41-15-6-9-23-46(41)49)53-33-34-55-59(51-28-14-20-43-17-8-11-25-48(43)51)39-58(54-32-31-52(56)63(53)64(54)55)50-27-13-19-42-16-7-10-24-47(42)50/h3-28,30-34,36-40,61H,29,35H2,1-2H3. The van der Waals surface area contributed by atoms with Crippen molar-refractivity contribution in [2.24, 2.45) is 5.92 Å². The van der Waals surface area contributed by atoms with Crippen molar-refractivity contribution < 1.29 is 0 Å². The number of nitrogens with zero attached hydrogens (tertiary/aromatic N) is 1. The second-order valence-corrected chi connectivity index (χ2v) is 19.3. The molecule has 2 aliphatic rings. The molecule has 0 radical (unpaired) electrons. The number of hydrogen-bond acceptors (Lipinski definition) is 1. The van der Waals surface area contributed by atoms with Gasteiger partial charge in [0.1, 0.15) is 0 Å². The maximum atomic E-state index is 2.68. The minimum Gasteiger partial charge on any atom is -0.334 e. The molecule has 1 heterocycles. The van der Waals surface area contributed by atoms with Crippen molar-refractivity contribution in [3.63, 3.8) is 0 Å². The monoisotopic (exact) mass is 841 g/mol. The third kappa shape index (κ3) is 5.23. The predicted octanol–water partition coefficient (Wildman–Crippen LogP) is 18.1. The van der Waals surface area contributed by atoms with Crippen molar-refractivity contribution in [2.75, 3.05) is 4.90 Å². The van der Waals surface area contributed by atoms with E-state index in [1.54, 1.807) is 0 Å². The minimum absolute atomic E-state index is 0.00903. The fraction of sp³-hybridized carbons (Fsp3) is 0.108. The highest BCUT2D eigenvalue weighted by Crippen LogP contribution is 2.61. The third-order valence-electron chi connectivity index (χ3n) is 16.2. The maximum Gasteiger partial charge on any atom is 0.0518 e. The van der Waals surface area contributed by atoms with E-state index >= 15 is 0 Å². The first-order valence-electron chi connectivity index (χ1n) is 23.8. The van der Waals surface area contributed by atoms with Crippen LogP contribution in [-0.2, 0) is 0 Å². The Labute approximate surface area is 385 Å². The van der Waals surface area contributed by atoms with Crippen LogP contribution in [0.4, 0.5) is 11.4 Å². The first kappa shape index (κ1) is 37.6. The lowest BCUT2D eigenvalue weighted by molar-refractivity contribution is 0.355. The Hall–Kier alpha value is -7.74. The molecule has 14 rings (SSSR count). The van der Waals surface area contributed by atoms with Gasteiger partial charge in [-0.3, -0.25) is 0 Å². The predicted molar refractivity (Wildman–Crippen MR) is 283 cm³/mol.